The van der Waals surface area contributed by atoms with Crippen molar-refractivity contribution in [3.8, 4) is 0 Å². The van der Waals surface area contributed by atoms with Crippen molar-refractivity contribution in [2.24, 2.45) is 7.05 Å². The summed E-state index contributed by atoms with van der Waals surface area (Å²) in [6.45, 7) is 3.59. The number of halogens is 1. The van der Waals surface area contributed by atoms with Crippen LogP contribution in [0.2, 0.25) is 5.02 Å². The Labute approximate surface area is 108 Å². The molecule has 0 spiro atoms. The van der Waals surface area contributed by atoms with E-state index in [1.54, 1.807) is 18.7 Å². The van der Waals surface area contributed by atoms with Gasteiger partial charge in [-0.2, -0.15) is 5.10 Å². The molecular formula is C10H11ClN4OS. The number of Topliss-reactive ketones (excluding diaryl/α,β-unsaturated/α-hetero) is 1. The second kappa shape index (κ2) is 4.54. The highest BCUT2D eigenvalue weighted by molar-refractivity contribution is 7.08. The summed E-state index contributed by atoms with van der Waals surface area (Å²) in [5.41, 5.74) is 2.12. The first kappa shape index (κ1) is 12.2. The molecule has 0 aliphatic rings. The van der Waals surface area contributed by atoms with Crippen molar-refractivity contribution in [3.63, 3.8) is 0 Å². The summed E-state index contributed by atoms with van der Waals surface area (Å²) in [7, 11) is 1.78. The zero-order valence-electron chi connectivity index (χ0n) is 9.69. The fraction of sp³-hybridized carbons (Fsp3) is 0.400. The number of rotatable bonds is 3. The van der Waals surface area contributed by atoms with Crippen LogP contribution in [-0.2, 0) is 13.5 Å². The third-order valence-electron chi connectivity index (χ3n) is 2.49. The van der Waals surface area contributed by atoms with Crippen LogP contribution in [0.15, 0.2) is 0 Å². The van der Waals surface area contributed by atoms with Crippen LogP contribution in [0.1, 0.15) is 26.8 Å². The van der Waals surface area contributed by atoms with E-state index in [-0.39, 0.29) is 12.2 Å². The van der Waals surface area contributed by atoms with E-state index in [0.29, 0.717) is 15.6 Å². The van der Waals surface area contributed by atoms with Crippen molar-refractivity contribution in [1.82, 2.24) is 19.4 Å². The third kappa shape index (κ3) is 2.23. The van der Waals surface area contributed by atoms with Crippen LogP contribution in [-0.4, -0.2) is 25.2 Å². The number of aryl methyl sites for hydroxylation is 3. The second-order valence-electron chi connectivity index (χ2n) is 3.76. The van der Waals surface area contributed by atoms with Crippen LogP contribution in [0.25, 0.3) is 0 Å². The molecule has 2 heterocycles. The summed E-state index contributed by atoms with van der Waals surface area (Å²) in [4.78, 5) is 12.6. The van der Waals surface area contributed by atoms with Crippen LogP contribution in [0.4, 0.5) is 0 Å². The van der Waals surface area contributed by atoms with Crippen LogP contribution < -0.4 is 0 Å². The van der Waals surface area contributed by atoms with Gasteiger partial charge in [0.2, 0.25) is 0 Å². The molecule has 0 fully saturated rings. The summed E-state index contributed by atoms with van der Waals surface area (Å²) in [5.74, 6) is -0.0256. The maximum Gasteiger partial charge on any atom is 0.182 e. The number of hydrogen-bond acceptors (Lipinski definition) is 5. The van der Waals surface area contributed by atoms with Crippen molar-refractivity contribution < 1.29 is 4.79 Å². The van der Waals surface area contributed by atoms with Crippen molar-refractivity contribution in [2.45, 2.75) is 20.3 Å². The molecule has 0 radical (unpaired) electrons. The highest BCUT2D eigenvalue weighted by Crippen LogP contribution is 2.22. The molecule has 17 heavy (non-hydrogen) atoms. The van der Waals surface area contributed by atoms with Gasteiger partial charge in [-0.15, -0.1) is 5.10 Å². The fourth-order valence-corrected chi connectivity index (χ4v) is 2.41. The Hall–Kier alpha value is -1.27. The quantitative estimate of drug-likeness (QED) is 0.800. The molecule has 0 aromatic carbocycles. The summed E-state index contributed by atoms with van der Waals surface area (Å²) in [6.07, 6.45) is 0.223. The van der Waals surface area contributed by atoms with E-state index in [1.807, 2.05) is 6.92 Å². The number of carbonyl (C=O) groups is 1. The molecule has 7 heteroatoms. The predicted molar refractivity (Wildman–Crippen MR) is 65.6 cm³/mol. The molecule has 0 aliphatic carbocycles. The van der Waals surface area contributed by atoms with Gasteiger partial charge in [0.15, 0.2) is 5.78 Å². The zero-order valence-corrected chi connectivity index (χ0v) is 11.3. The first-order chi connectivity index (χ1) is 8.00. The molecule has 0 unspecified atom stereocenters. The molecule has 2 aromatic heterocycles. The molecule has 0 saturated carbocycles. The Kier molecular flexibility index (Phi) is 3.26. The fourth-order valence-electron chi connectivity index (χ4n) is 1.59. The molecule has 90 valence electrons. The minimum atomic E-state index is -0.0256. The van der Waals surface area contributed by atoms with E-state index in [2.05, 4.69) is 14.7 Å². The van der Waals surface area contributed by atoms with Crippen LogP contribution >= 0.6 is 23.1 Å². The minimum absolute atomic E-state index is 0.0256. The lowest BCUT2D eigenvalue weighted by molar-refractivity contribution is 0.0994. The van der Waals surface area contributed by atoms with Gasteiger partial charge < -0.3 is 0 Å². The number of ketones is 1. The van der Waals surface area contributed by atoms with Gasteiger partial charge in [-0.3, -0.25) is 9.48 Å². The molecule has 5 nitrogen and oxygen atoms in total. The molecule has 2 rings (SSSR count). The summed E-state index contributed by atoms with van der Waals surface area (Å²) < 4.78 is 5.39. The second-order valence-corrected chi connectivity index (χ2v) is 4.89. The first-order valence-electron chi connectivity index (χ1n) is 5.00. The Balaban J connectivity index is 2.28. The zero-order chi connectivity index (χ0) is 12.6. The number of aromatic nitrogens is 4. The van der Waals surface area contributed by atoms with Crippen molar-refractivity contribution >= 4 is 28.9 Å². The number of hydrogen-bond donors (Lipinski definition) is 0. The van der Waals surface area contributed by atoms with E-state index in [1.165, 1.54) is 0 Å². The monoisotopic (exact) mass is 270 g/mol. The lowest BCUT2D eigenvalue weighted by atomic mass is 10.1. The van der Waals surface area contributed by atoms with Crippen molar-refractivity contribution in [2.75, 3.05) is 0 Å². The van der Waals surface area contributed by atoms with Gasteiger partial charge in [0, 0.05) is 7.05 Å². The van der Waals surface area contributed by atoms with E-state index in [0.717, 1.165) is 22.9 Å². The predicted octanol–water partition coefficient (Wildman–Crippen LogP) is 1.97. The third-order valence-corrected chi connectivity index (χ3v) is 3.86. The maximum absolute atomic E-state index is 12.0. The van der Waals surface area contributed by atoms with Gasteiger partial charge in [0.25, 0.3) is 0 Å². The van der Waals surface area contributed by atoms with Gasteiger partial charge >= 0.3 is 0 Å². The molecule has 0 saturated heterocycles. The SMILES string of the molecule is Cc1nnsc1C(=O)Cc1c(Cl)c(C)nn1C. The molecule has 0 atom stereocenters. The largest absolute Gasteiger partial charge is 0.293 e. The van der Waals surface area contributed by atoms with Crippen LogP contribution in [0.5, 0.6) is 0 Å². The van der Waals surface area contributed by atoms with Crippen molar-refractivity contribution in [3.05, 3.63) is 27.0 Å². The van der Waals surface area contributed by atoms with Gasteiger partial charge in [0.1, 0.15) is 4.88 Å². The lowest BCUT2D eigenvalue weighted by Crippen LogP contribution is -2.08. The topological polar surface area (TPSA) is 60.7 Å². The number of nitrogens with zero attached hydrogens (tertiary/aromatic N) is 4. The van der Waals surface area contributed by atoms with Gasteiger partial charge in [-0.1, -0.05) is 16.1 Å². The van der Waals surface area contributed by atoms with Gasteiger partial charge in [-0.25, -0.2) is 0 Å². The Morgan fingerprint density at radius 2 is 2.12 bits per heavy atom. The van der Waals surface area contributed by atoms with Gasteiger partial charge in [-0.05, 0) is 25.4 Å². The summed E-state index contributed by atoms with van der Waals surface area (Å²) in [5, 5.41) is 8.55. The van der Waals surface area contributed by atoms with Gasteiger partial charge in [0.05, 0.1) is 28.5 Å². The Bertz CT molecular complexity index is 575. The molecule has 2 aromatic rings. The highest BCUT2D eigenvalue weighted by atomic mass is 35.5. The molecular weight excluding hydrogens is 260 g/mol. The van der Waals surface area contributed by atoms with E-state index in [9.17, 15) is 4.79 Å². The van der Waals surface area contributed by atoms with Crippen LogP contribution in [0.3, 0.4) is 0 Å². The summed E-state index contributed by atoms with van der Waals surface area (Å²) >= 11 is 7.21. The Morgan fingerprint density at radius 1 is 1.41 bits per heavy atom. The van der Waals surface area contributed by atoms with Crippen LogP contribution in [0, 0.1) is 13.8 Å². The lowest BCUT2D eigenvalue weighted by Gasteiger charge is -2.00. The summed E-state index contributed by atoms with van der Waals surface area (Å²) in [6, 6.07) is 0. The standard InChI is InChI=1S/C10H11ClN4OS/c1-5-9(11)7(15(3)13-5)4-8(16)10-6(2)12-14-17-10/h4H2,1-3H3. The van der Waals surface area contributed by atoms with E-state index < -0.39 is 0 Å². The van der Waals surface area contributed by atoms with Crippen molar-refractivity contribution in [1.29, 1.82) is 0 Å². The van der Waals surface area contributed by atoms with E-state index in [4.69, 9.17) is 11.6 Å². The molecule has 0 amide bonds. The Morgan fingerprint density at radius 3 is 2.59 bits per heavy atom. The number of carbonyl (C=O) groups excluding carboxylic acids is 1. The molecule has 0 N–H and O–H groups in total. The smallest absolute Gasteiger partial charge is 0.182 e. The maximum atomic E-state index is 12.0. The average Bonchev–Trinajstić information content (AvgIpc) is 2.78. The average molecular weight is 271 g/mol. The molecule has 0 bridgehead atoms. The normalized spacial score (nSPS) is 10.8. The highest BCUT2D eigenvalue weighted by Gasteiger charge is 2.19. The van der Waals surface area contributed by atoms with E-state index >= 15 is 0 Å². The first-order valence-corrected chi connectivity index (χ1v) is 6.16. The minimum Gasteiger partial charge on any atom is -0.293 e. The molecule has 0 aliphatic heterocycles.